The fraction of sp³-hybridized carbons (Fsp3) is 0.958. The number of carbonyl (C=O) groups is 1. The van der Waals surface area contributed by atoms with E-state index in [0.717, 1.165) is 0 Å². The number of rotatable bonds is 9. The second-order valence-corrected chi connectivity index (χ2v) is 11.2. The highest BCUT2D eigenvalue weighted by Crippen LogP contribution is 2.35. The summed E-state index contributed by atoms with van der Waals surface area (Å²) in [5, 5.41) is 58.1. The average molecular weight is 595 g/mol. The van der Waals surface area contributed by atoms with Gasteiger partial charge in [0.25, 0.3) is 0 Å². The molecule has 0 spiro atoms. The number of hydrogen-bond acceptors (Lipinski definition) is 16. The predicted octanol–water partition coefficient (Wildman–Crippen LogP) is -6.41. The molecule has 41 heavy (non-hydrogen) atoms. The maximum absolute atomic E-state index is 12.0. The van der Waals surface area contributed by atoms with Crippen molar-refractivity contribution in [2.24, 2.45) is 22.9 Å². The molecule has 238 valence electrons. The third kappa shape index (κ3) is 7.17. The Hall–Kier alpha value is -1.13. The van der Waals surface area contributed by atoms with E-state index in [0.29, 0.717) is 0 Å². The maximum atomic E-state index is 12.0. The first-order valence-electron chi connectivity index (χ1n) is 14.0. The van der Waals surface area contributed by atoms with E-state index in [9.17, 15) is 30.3 Å². The lowest BCUT2D eigenvalue weighted by atomic mass is 9.84. The molecule has 4 fully saturated rings. The molecule has 16 atom stereocenters. The molecule has 4 aliphatic rings. The smallest absolute Gasteiger partial charge is 0.221 e. The lowest BCUT2D eigenvalue weighted by Crippen LogP contribution is -2.69. The van der Waals surface area contributed by atoms with Crippen LogP contribution in [0.4, 0.5) is 0 Å². The summed E-state index contributed by atoms with van der Waals surface area (Å²) in [6.07, 6.45) is -11.4. The standard InChI is InChI=1S/C24H46N6O11/c1-29-16-18(35)21-13(5-10(28)22(40-21)39-20-9(27)4-8(26)17(34)19(20)36)37-24(16)41-23-12(32)6-11(14(7-31)38-23)30-15(33)2-3-25/h8-14,16-24,29,31-32,34-36H,2-7,25-28H2,1H3,(H,30,33)/t8-,9?,10?,11+,12?,13+,14?,16?,17?,18?,19-,20-,21?,22+,23-,24?/m1/s1. The molecule has 4 rings (SSSR count). The molecule has 0 aromatic carbocycles. The van der Waals surface area contributed by atoms with Gasteiger partial charge in [-0.05, 0) is 19.9 Å². The Morgan fingerprint density at radius 2 is 1.61 bits per heavy atom. The summed E-state index contributed by atoms with van der Waals surface area (Å²) < 4.78 is 29.8. The Morgan fingerprint density at radius 1 is 0.878 bits per heavy atom. The van der Waals surface area contributed by atoms with Crippen LogP contribution in [-0.2, 0) is 28.5 Å². The molecule has 17 nitrogen and oxygen atoms in total. The summed E-state index contributed by atoms with van der Waals surface area (Å²) in [4.78, 5) is 12.0. The first-order valence-corrected chi connectivity index (χ1v) is 14.0. The van der Waals surface area contributed by atoms with Crippen LogP contribution in [0.25, 0.3) is 0 Å². The zero-order valence-electron chi connectivity index (χ0n) is 23.0. The van der Waals surface area contributed by atoms with Crippen molar-refractivity contribution in [3.8, 4) is 0 Å². The normalized spacial score (nSPS) is 48.8. The number of likely N-dealkylation sites (N-methyl/N-ethyl adjacent to an activating group) is 1. The van der Waals surface area contributed by atoms with Crippen LogP contribution in [-0.4, -0.2) is 150 Å². The monoisotopic (exact) mass is 594 g/mol. The first kappa shape index (κ1) is 32.8. The van der Waals surface area contributed by atoms with Crippen LogP contribution in [0.3, 0.4) is 0 Å². The summed E-state index contributed by atoms with van der Waals surface area (Å²) in [7, 11) is 1.58. The van der Waals surface area contributed by atoms with E-state index in [1.807, 2.05) is 0 Å². The minimum atomic E-state index is -1.35. The van der Waals surface area contributed by atoms with E-state index >= 15 is 0 Å². The average Bonchev–Trinajstić information content (AvgIpc) is 2.92. The third-order valence-corrected chi connectivity index (χ3v) is 8.27. The molecule has 0 bridgehead atoms. The largest absolute Gasteiger partial charge is 0.394 e. The number of ether oxygens (including phenoxy) is 5. The first-order chi connectivity index (χ1) is 19.5. The molecule has 3 saturated heterocycles. The van der Waals surface area contributed by atoms with E-state index < -0.39 is 105 Å². The molecule has 0 radical (unpaired) electrons. The molecular formula is C24H46N6O11. The number of aliphatic hydroxyl groups is 5. The molecule has 1 amide bonds. The van der Waals surface area contributed by atoms with E-state index in [4.69, 9.17) is 46.6 Å². The number of nitrogens with two attached hydrogens (primary N) is 4. The van der Waals surface area contributed by atoms with Gasteiger partial charge in [-0.1, -0.05) is 0 Å². The maximum Gasteiger partial charge on any atom is 0.221 e. The summed E-state index contributed by atoms with van der Waals surface area (Å²) in [6.45, 7) is -0.290. The molecule has 9 unspecified atom stereocenters. The van der Waals surface area contributed by atoms with Gasteiger partial charge in [-0.3, -0.25) is 4.79 Å². The van der Waals surface area contributed by atoms with Crippen LogP contribution in [0, 0.1) is 0 Å². The highest BCUT2D eigenvalue weighted by molar-refractivity contribution is 5.76. The lowest BCUT2D eigenvalue weighted by molar-refractivity contribution is -0.367. The van der Waals surface area contributed by atoms with Crippen molar-refractivity contribution >= 4 is 5.91 Å². The molecule has 0 aromatic rings. The topological polar surface area (TPSA) is 293 Å². The van der Waals surface area contributed by atoms with Crippen LogP contribution in [0.15, 0.2) is 0 Å². The molecule has 3 aliphatic heterocycles. The zero-order chi connectivity index (χ0) is 30.0. The van der Waals surface area contributed by atoms with Gasteiger partial charge in [0.15, 0.2) is 18.9 Å². The second-order valence-electron chi connectivity index (χ2n) is 11.2. The molecule has 1 saturated carbocycles. The summed E-state index contributed by atoms with van der Waals surface area (Å²) in [6, 6.07) is -3.64. The molecule has 3 heterocycles. The van der Waals surface area contributed by atoms with Gasteiger partial charge in [0.2, 0.25) is 5.91 Å². The fourth-order valence-corrected chi connectivity index (χ4v) is 5.96. The molecule has 0 aromatic heterocycles. The summed E-state index contributed by atoms with van der Waals surface area (Å²) >= 11 is 0. The molecule has 17 heteroatoms. The van der Waals surface area contributed by atoms with Gasteiger partial charge >= 0.3 is 0 Å². The van der Waals surface area contributed by atoms with Crippen LogP contribution in [0.1, 0.15) is 25.7 Å². The van der Waals surface area contributed by atoms with Gasteiger partial charge < -0.3 is 82.8 Å². The molecule has 1 aliphatic carbocycles. The van der Waals surface area contributed by atoms with E-state index in [1.54, 1.807) is 7.05 Å². The number of nitrogens with one attached hydrogen (secondary N) is 2. The highest BCUT2D eigenvalue weighted by Gasteiger charge is 2.53. The minimum absolute atomic E-state index is 0.0412. The zero-order valence-corrected chi connectivity index (χ0v) is 23.0. The fourth-order valence-electron chi connectivity index (χ4n) is 5.96. The van der Waals surface area contributed by atoms with Crippen LogP contribution in [0.2, 0.25) is 0 Å². The van der Waals surface area contributed by atoms with Gasteiger partial charge in [-0.25, -0.2) is 0 Å². The summed E-state index contributed by atoms with van der Waals surface area (Å²) in [5.41, 5.74) is 23.7. The third-order valence-electron chi connectivity index (χ3n) is 8.27. The number of amides is 1. The van der Waals surface area contributed by atoms with E-state index in [2.05, 4.69) is 10.6 Å². The van der Waals surface area contributed by atoms with Crippen molar-refractivity contribution in [1.82, 2.24) is 10.6 Å². The highest BCUT2D eigenvalue weighted by atomic mass is 16.8. The van der Waals surface area contributed by atoms with Crippen LogP contribution in [0.5, 0.6) is 0 Å². The van der Waals surface area contributed by atoms with Gasteiger partial charge in [0.1, 0.15) is 36.6 Å². The van der Waals surface area contributed by atoms with Crippen molar-refractivity contribution in [2.75, 3.05) is 20.2 Å². The van der Waals surface area contributed by atoms with Crippen LogP contribution < -0.4 is 33.6 Å². The van der Waals surface area contributed by atoms with Crippen molar-refractivity contribution in [2.45, 2.75) is 124 Å². The van der Waals surface area contributed by atoms with Crippen molar-refractivity contribution in [3.05, 3.63) is 0 Å². The molecular weight excluding hydrogens is 548 g/mol. The van der Waals surface area contributed by atoms with Gasteiger partial charge in [0.05, 0.1) is 36.9 Å². The number of fused-ring (bicyclic) bond motifs is 1. The number of aliphatic hydroxyl groups excluding tert-OH is 5. The predicted molar refractivity (Wildman–Crippen MR) is 139 cm³/mol. The quantitative estimate of drug-likeness (QED) is 0.118. The Balaban J connectivity index is 1.39. The van der Waals surface area contributed by atoms with Gasteiger partial charge in [0, 0.05) is 31.5 Å². The Labute approximate surface area is 237 Å². The summed E-state index contributed by atoms with van der Waals surface area (Å²) in [5.74, 6) is -0.332. The Kier molecular flexibility index (Phi) is 11.3. The second kappa shape index (κ2) is 14.1. The van der Waals surface area contributed by atoms with E-state index in [1.165, 1.54) is 0 Å². The van der Waals surface area contributed by atoms with Crippen molar-refractivity contribution < 1.29 is 54.0 Å². The minimum Gasteiger partial charge on any atom is -0.394 e. The van der Waals surface area contributed by atoms with E-state index in [-0.39, 0.29) is 38.1 Å². The van der Waals surface area contributed by atoms with Crippen molar-refractivity contribution in [3.63, 3.8) is 0 Å². The number of hydrogen-bond donors (Lipinski definition) is 11. The Bertz CT molecular complexity index is 863. The SMILES string of the molecule is CNC1C(O[C@H]2OC(CO)[C@@H](NC(=O)CCN)CC2O)O[C@H]2CC(N)[C@@H](O[C@@H]3C(N)C[C@@H](N)C(O)[C@H]3O)OC2C1O. The van der Waals surface area contributed by atoms with Crippen LogP contribution >= 0.6 is 0 Å². The van der Waals surface area contributed by atoms with Gasteiger partial charge in [-0.2, -0.15) is 0 Å². The number of carbonyl (C=O) groups excluding carboxylic acids is 1. The van der Waals surface area contributed by atoms with Gasteiger partial charge in [-0.15, -0.1) is 0 Å². The Morgan fingerprint density at radius 3 is 2.27 bits per heavy atom. The lowest BCUT2D eigenvalue weighted by Gasteiger charge is -2.51. The van der Waals surface area contributed by atoms with Crippen molar-refractivity contribution in [1.29, 1.82) is 0 Å². The molecule has 15 N–H and O–H groups in total.